The molecule has 0 bridgehead atoms. The van der Waals surface area contributed by atoms with Crippen LogP contribution in [0.1, 0.15) is 23.6 Å². The molecule has 0 spiro atoms. The molecule has 2 nitrogen and oxygen atoms in total. The summed E-state index contributed by atoms with van der Waals surface area (Å²) >= 11 is 5.99. The number of rotatable bonds is 3. The first-order valence-corrected chi connectivity index (χ1v) is 6.29. The molecule has 0 aliphatic carbocycles. The molecular weight excluding hydrogens is 232 g/mol. The van der Waals surface area contributed by atoms with Crippen LogP contribution in [0.3, 0.4) is 0 Å². The monoisotopic (exact) mass is 249 g/mol. The second-order valence-corrected chi connectivity index (χ2v) is 5.08. The molecule has 1 aliphatic rings. The maximum Gasteiger partial charge on any atom is 0.143 e. The molecule has 0 aromatic heterocycles. The summed E-state index contributed by atoms with van der Waals surface area (Å²) in [7, 11) is 0. The van der Waals surface area contributed by atoms with Gasteiger partial charge in [0.25, 0.3) is 0 Å². The number of hydrogen-bond donors (Lipinski definition) is 0. The number of aryl methyl sites for hydroxylation is 2. The van der Waals surface area contributed by atoms with Crippen LogP contribution >= 0.6 is 11.6 Å². The van der Waals surface area contributed by atoms with E-state index in [4.69, 9.17) is 11.6 Å². The highest BCUT2D eigenvalue weighted by atomic mass is 35.5. The van der Waals surface area contributed by atoms with Crippen molar-refractivity contribution < 1.29 is 4.59 Å². The zero-order valence-corrected chi connectivity index (χ0v) is 11.3. The lowest BCUT2D eigenvalue weighted by atomic mass is 10.1. The molecule has 1 unspecified atom stereocenters. The van der Waals surface area contributed by atoms with E-state index in [1.165, 1.54) is 16.7 Å². The average Bonchev–Trinajstić information content (AvgIpc) is 2.66. The van der Waals surface area contributed by atoms with Crippen molar-refractivity contribution >= 4 is 17.8 Å². The first kappa shape index (κ1) is 12.3. The van der Waals surface area contributed by atoms with Gasteiger partial charge in [0.1, 0.15) is 30.5 Å². The SMILES string of the molecule is CC[N+]1(Cc2ccc(C)c(C)c2)C=C(Cl)C=N1. The van der Waals surface area contributed by atoms with E-state index in [0.717, 1.165) is 18.1 Å². The first-order chi connectivity index (χ1) is 8.04. The standard InChI is InChI=1S/C14H18ClN2/c1-4-17(10-14(15)8-16-17)9-13-6-5-11(2)12(3)7-13/h5-8,10H,4,9H2,1-3H3/q+1. The van der Waals surface area contributed by atoms with Crippen LogP contribution in [0.25, 0.3) is 0 Å². The second-order valence-electron chi connectivity index (χ2n) is 4.64. The smallest absolute Gasteiger partial charge is 0.143 e. The Morgan fingerprint density at radius 1 is 1.24 bits per heavy atom. The molecule has 1 aliphatic heterocycles. The van der Waals surface area contributed by atoms with Gasteiger partial charge in [-0.3, -0.25) is 0 Å². The maximum atomic E-state index is 5.99. The number of hydrogen-bond acceptors (Lipinski definition) is 1. The van der Waals surface area contributed by atoms with Gasteiger partial charge in [0.05, 0.1) is 0 Å². The Hall–Kier alpha value is -1.12. The van der Waals surface area contributed by atoms with Gasteiger partial charge < -0.3 is 0 Å². The van der Waals surface area contributed by atoms with Gasteiger partial charge >= 0.3 is 0 Å². The highest BCUT2D eigenvalue weighted by Crippen LogP contribution is 2.24. The fourth-order valence-electron chi connectivity index (χ4n) is 2.06. The predicted octanol–water partition coefficient (Wildman–Crippen LogP) is 3.72. The molecule has 0 saturated carbocycles. The minimum Gasteiger partial charge on any atom is -0.167 e. The fraction of sp³-hybridized carbons (Fsp3) is 0.357. The van der Waals surface area contributed by atoms with E-state index in [1.807, 2.05) is 6.20 Å². The average molecular weight is 250 g/mol. The molecule has 1 atom stereocenters. The van der Waals surface area contributed by atoms with E-state index in [-0.39, 0.29) is 0 Å². The molecule has 17 heavy (non-hydrogen) atoms. The van der Waals surface area contributed by atoms with Crippen LogP contribution in [-0.4, -0.2) is 17.4 Å². The molecule has 2 rings (SSSR count). The lowest BCUT2D eigenvalue weighted by molar-refractivity contribution is -0.895. The number of halogens is 1. The van der Waals surface area contributed by atoms with E-state index in [0.29, 0.717) is 4.59 Å². The first-order valence-electron chi connectivity index (χ1n) is 5.91. The van der Waals surface area contributed by atoms with Crippen molar-refractivity contribution in [3.63, 3.8) is 0 Å². The van der Waals surface area contributed by atoms with Crippen LogP contribution in [0.5, 0.6) is 0 Å². The van der Waals surface area contributed by atoms with E-state index in [1.54, 1.807) is 6.21 Å². The Labute approximate surface area is 108 Å². The van der Waals surface area contributed by atoms with Gasteiger partial charge in [-0.2, -0.15) is 4.59 Å². The van der Waals surface area contributed by atoms with Crippen LogP contribution in [0.2, 0.25) is 0 Å². The summed E-state index contributed by atoms with van der Waals surface area (Å²) in [5.41, 5.74) is 3.96. The van der Waals surface area contributed by atoms with E-state index < -0.39 is 0 Å². The Balaban J connectivity index is 2.26. The van der Waals surface area contributed by atoms with Gasteiger partial charge in [-0.25, -0.2) is 0 Å². The molecular formula is C14H18ClN2+. The van der Waals surface area contributed by atoms with E-state index in [9.17, 15) is 0 Å². The third kappa shape index (κ3) is 2.59. The fourth-order valence-corrected chi connectivity index (χ4v) is 2.28. The van der Waals surface area contributed by atoms with Gasteiger partial charge in [0, 0.05) is 5.56 Å². The van der Waals surface area contributed by atoms with Crippen molar-refractivity contribution in [2.45, 2.75) is 27.3 Å². The number of allylic oxidation sites excluding steroid dienone is 1. The van der Waals surface area contributed by atoms with Gasteiger partial charge in [0.15, 0.2) is 0 Å². The van der Waals surface area contributed by atoms with Crippen LogP contribution in [0, 0.1) is 13.8 Å². The summed E-state index contributed by atoms with van der Waals surface area (Å²) in [6.45, 7) is 8.19. The summed E-state index contributed by atoms with van der Waals surface area (Å²) in [5, 5.41) is 5.23. The topological polar surface area (TPSA) is 12.4 Å². The molecule has 0 fully saturated rings. The summed E-state index contributed by atoms with van der Waals surface area (Å²) in [5.74, 6) is 0. The summed E-state index contributed by atoms with van der Waals surface area (Å²) < 4.78 is 0.571. The van der Waals surface area contributed by atoms with E-state index in [2.05, 4.69) is 44.1 Å². The van der Waals surface area contributed by atoms with Gasteiger partial charge in [0.2, 0.25) is 0 Å². The van der Waals surface area contributed by atoms with Crippen LogP contribution in [0.4, 0.5) is 0 Å². The Morgan fingerprint density at radius 2 is 2.00 bits per heavy atom. The molecule has 1 aromatic rings. The molecule has 0 saturated heterocycles. The predicted molar refractivity (Wildman–Crippen MR) is 72.8 cm³/mol. The van der Waals surface area contributed by atoms with E-state index >= 15 is 0 Å². The molecule has 1 aromatic carbocycles. The minimum absolute atomic E-state index is 0.571. The maximum absolute atomic E-state index is 5.99. The van der Waals surface area contributed by atoms with Crippen molar-refractivity contribution in [1.82, 2.24) is 0 Å². The summed E-state index contributed by atoms with van der Waals surface area (Å²) in [4.78, 5) is 0. The van der Waals surface area contributed by atoms with Crippen LogP contribution < -0.4 is 0 Å². The van der Waals surface area contributed by atoms with Crippen molar-refractivity contribution in [2.75, 3.05) is 6.54 Å². The lowest BCUT2D eigenvalue weighted by Gasteiger charge is -2.24. The molecule has 90 valence electrons. The second kappa shape index (κ2) is 4.63. The van der Waals surface area contributed by atoms with Crippen LogP contribution in [0.15, 0.2) is 34.5 Å². The number of benzene rings is 1. The molecule has 0 N–H and O–H groups in total. The van der Waals surface area contributed by atoms with Gasteiger partial charge in [-0.1, -0.05) is 34.9 Å². The normalized spacial score (nSPS) is 22.9. The molecule has 1 heterocycles. The third-order valence-electron chi connectivity index (χ3n) is 3.35. The molecule has 0 amide bonds. The molecule has 0 radical (unpaired) electrons. The van der Waals surface area contributed by atoms with Gasteiger partial charge in [-0.05, 0) is 31.9 Å². The van der Waals surface area contributed by atoms with Crippen molar-refractivity contribution in [1.29, 1.82) is 0 Å². The minimum atomic E-state index is 0.571. The lowest BCUT2D eigenvalue weighted by Crippen LogP contribution is -2.34. The highest BCUT2D eigenvalue weighted by molar-refractivity contribution is 6.39. The third-order valence-corrected chi connectivity index (χ3v) is 3.55. The zero-order valence-electron chi connectivity index (χ0n) is 10.6. The van der Waals surface area contributed by atoms with Gasteiger partial charge in [-0.15, -0.1) is 0 Å². The Kier molecular flexibility index (Phi) is 3.36. The van der Waals surface area contributed by atoms with Crippen molar-refractivity contribution in [3.8, 4) is 0 Å². The quantitative estimate of drug-likeness (QED) is 0.724. The largest absolute Gasteiger partial charge is 0.167 e. The summed E-state index contributed by atoms with van der Waals surface area (Å²) in [6, 6.07) is 6.58. The van der Waals surface area contributed by atoms with Crippen molar-refractivity contribution in [2.24, 2.45) is 5.10 Å². The zero-order chi connectivity index (χ0) is 12.5. The Morgan fingerprint density at radius 3 is 2.53 bits per heavy atom. The van der Waals surface area contributed by atoms with Crippen molar-refractivity contribution in [3.05, 3.63) is 46.1 Å². The summed E-state index contributed by atoms with van der Waals surface area (Å²) in [6.07, 6.45) is 3.75. The highest BCUT2D eigenvalue weighted by Gasteiger charge is 2.28. The number of quaternary nitrogens is 1. The van der Waals surface area contributed by atoms with Crippen LogP contribution in [-0.2, 0) is 6.54 Å². The number of nitrogens with zero attached hydrogens (tertiary/aromatic N) is 2. The molecule has 3 heteroatoms. The Bertz CT molecular complexity index is 491.